The van der Waals surface area contributed by atoms with Gasteiger partial charge in [-0.15, -0.1) is 12.4 Å². The molecule has 1 atom stereocenters. The van der Waals surface area contributed by atoms with Gasteiger partial charge in [0.05, 0.1) is 5.56 Å². The van der Waals surface area contributed by atoms with Crippen LogP contribution in [0.15, 0.2) is 6.07 Å². The monoisotopic (exact) mass is 299 g/mol. The Bertz CT molecular complexity index is 462. The highest BCUT2D eigenvalue weighted by Crippen LogP contribution is 2.20. The number of hydrogen-bond acceptors (Lipinski definition) is 2. The number of aromatic nitrogens is 1. The fourth-order valence-electron chi connectivity index (χ4n) is 3.04. The number of nitrogens with zero attached hydrogens (tertiary/aromatic N) is 1. The van der Waals surface area contributed by atoms with Crippen LogP contribution in [0.2, 0.25) is 0 Å². The Morgan fingerprint density at radius 1 is 1.45 bits per heavy atom. The van der Waals surface area contributed by atoms with Crippen molar-refractivity contribution in [2.75, 3.05) is 13.1 Å². The van der Waals surface area contributed by atoms with Crippen molar-refractivity contribution >= 4 is 18.3 Å². The van der Waals surface area contributed by atoms with Gasteiger partial charge < -0.3 is 15.2 Å². The van der Waals surface area contributed by atoms with Gasteiger partial charge in [0.15, 0.2) is 0 Å². The van der Waals surface area contributed by atoms with Crippen LogP contribution < -0.4 is 10.6 Å². The molecule has 1 unspecified atom stereocenters. The number of hydrogen-bond donors (Lipinski definition) is 2. The molecule has 4 nitrogen and oxygen atoms in total. The molecule has 1 amide bonds. The first-order chi connectivity index (χ1) is 9.00. The molecular formula is C15H26ClN3O. The first kappa shape index (κ1) is 17.1. The molecule has 1 aromatic rings. The molecule has 2 heterocycles. The average Bonchev–Trinajstić information content (AvgIpc) is 2.66. The standard InChI is InChI=1S/C15H25N3O.ClH/c1-10(2)18-11(3)8-14(12(18)4)15(19)17-13-6-5-7-16-9-13;/h8,10,13,16H,5-7,9H2,1-4H3,(H,17,19);1H. The minimum atomic E-state index is 0. The zero-order valence-corrected chi connectivity index (χ0v) is 13.6. The number of halogens is 1. The lowest BCUT2D eigenvalue weighted by atomic mass is 10.1. The van der Waals surface area contributed by atoms with E-state index in [1.165, 1.54) is 0 Å². The number of rotatable bonds is 3. The lowest BCUT2D eigenvalue weighted by Crippen LogP contribution is -2.45. The van der Waals surface area contributed by atoms with Gasteiger partial charge >= 0.3 is 0 Å². The molecule has 0 bridgehead atoms. The van der Waals surface area contributed by atoms with Gasteiger partial charge in [0.1, 0.15) is 0 Å². The predicted octanol–water partition coefficient (Wildman–Crippen LogP) is 2.59. The fourth-order valence-corrected chi connectivity index (χ4v) is 3.04. The average molecular weight is 300 g/mol. The lowest BCUT2D eigenvalue weighted by molar-refractivity contribution is 0.0930. The van der Waals surface area contributed by atoms with E-state index in [1.807, 2.05) is 13.0 Å². The minimum absolute atomic E-state index is 0. The zero-order valence-electron chi connectivity index (χ0n) is 12.8. The van der Waals surface area contributed by atoms with E-state index in [4.69, 9.17) is 0 Å². The van der Waals surface area contributed by atoms with Gasteiger partial charge in [0.25, 0.3) is 5.91 Å². The van der Waals surface area contributed by atoms with E-state index in [-0.39, 0.29) is 24.4 Å². The maximum Gasteiger partial charge on any atom is 0.253 e. The molecule has 0 aromatic carbocycles. The second-order valence-corrected chi connectivity index (χ2v) is 5.77. The summed E-state index contributed by atoms with van der Waals surface area (Å²) >= 11 is 0. The van der Waals surface area contributed by atoms with E-state index >= 15 is 0 Å². The van der Waals surface area contributed by atoms with Crippen molar-refractivity contribution in [1.29, 1.82) is 0 Å². The van der Waals surface area contributed by atoms with E-state index < -0.39 is 0 Å². The van der Waals surface area contributed by atoms with Gasteiger partial charge in [0, 0.05) is 30.0 Å². The van der Waals surface area contributed by atoms with Crippen LogP contribution in [0.25, 0.3) is 0 Å². The molecule has 0 radical (unpaired) electrons. The number of amides is 1. The van der Waals surface area contributed by atoms with Gasteiger partial charge in [-0.3, -0.25) is 4.79 Å². The van der Waals surface area contributed by atoms with Gasteiger partial charge in [-0.2, -0.15) is 0 Å². The predicted molar refractivity (Wildman–Crippen MR) is 84.9 cm³/mol. The van der Waals surface area contributed by atoms with Crippen LogP contribution in [0.5, 0.6) is 0 Å². The summed E-state index contributed by atoms with van der Waals surface area (Å²) in [5.41, 5.74) is 3.03. The van der Waals surface area contributed by atoms with Gasteiger partial charge in [-0.1, -0.05) is 0 Å². The smallest absolute Gasteiger partial charge is 0.253 e. The molecular weight excluding hydrogens is 274 g/mol. The maximum atomic E-state index is 12.4. The summed E-state index contributed by atoms with van der Waals surface area (Å²) in [7, 11) is 0. The fraction of sp³-hybridized carbons (Fsp3) is 0.667. The van der Waals surface area contributed by atoms with E-state index in [0.717, 1.165) is 42.9 Å². The van der Waals surface area contributed by atoms with Crippen molar-refractivity contribution in [3.05, 3.63) is 23.0 Å². The summed E-state index contributed by atoms with van der Waals surface area (Å²) in [4.78, 5) is 12.4. The lowest BCUT2D eigenvalue weighted by Gasteiger charge is -2.23. The number of carbonyl (C=O) groups excluding carboxylic acids is 1. The molecule has 2 rings (SSSR count). The third-order valence-electron chi connectivity index (χ3n) is 3.88. The zero-order chi connectivity index (χ0) is 14.0. The number of aryl methyl sites for hydroxylation is 1. The van der Waals surface area contributed by atoms with Crippen molar-refractivity contribution in [3.63, 3.8) is 0 Å². The summed E-state index contributed by atoms with van der Waals surface area (Å²) in [6.07, 6.45) is 2.21. The first-order valence-corrected chi connectivity index (χ1v) is 7.20. The Morgan fingerprint density at radius 3 is 2.65 bits per heavy atom. The SMILES string of the molecule is Cc1cc(C(=O)NC2CCCNC2)c(C)n1C(C)C.Cl. The molecule has 1 aliphatic heterocycles. The molecule has 1 fully saturated rings. The molecule has 20 heavy (non-hydrogen) atoms. The van der Waals surface area contributed by atoms with Crippen LogP contribution in [0, 0.1) is 13.8 Å². The summed E-state index contributed by atoms with van der Waals surface area (Å²) in [6.45, 7) is 10.3. The van der Waals surface area contributed by atoms with E-state index in [1.54, 1.807) is 0 Å². The highest BCUT2D eigenvalue weighted by molar-refractivity contribution is 5.95. The van der Waals surface area contributed by atoms with Gasteiger partial charge in [0.2, 0.25) is 0 Å². The number of piperidine rings is 1. The quantitative estimate of drug-likeness (QED) is 0.901. The van der Waals surface area contributed by atoms with Crippen LogP contribution in [0.4, 0.5) is 0 Å². The molecule has 1 aliphatic rings. The van der Waals surface area contributed by atoms with E-state index in [2.05, 4.69) is 36.0 Å². The van der Waals surface area contributed by atoms with E-state index in [9.17, 15) is 4.79 Å². The molecule has 0 saturated carbocycles. The van der Waals surface area contributed by atoms with Crippen LogP contribution >= 0.6 is 12.4 Å². The maximum absolute atomic E-state index is 12.4. The Balaban J connectivity index is 0.00000200. The van der Waals surface area contributed by atoms with Crippen molar-refractivity contribution in [2.45, 2.75) is 52.6 Å². The van der Waals surface area contributed by atoms with Crippen LogP contribution in [-0.4, -0.2) is 29.6 Å². The summed E-state index contributed by atoms with van der Waals surface area (Å²) in [5, 5.41) is 6.46. The molecule has 5 heteroatoms. The normalized spacial score (nSPS) is 18.8. The number of carbonyl (C=O) groups is 1. The minimum Gasteiger partial charge on any atom is -0.348 e. The third kappa shape index (κ3) is 3.55. The number of nitrogens with one attached hydrogen (secondary N) is 2. The molecule has 1 saturated heterocycles. The second-order valence-electron chi connectivity index (χ2n) is 5.77. The van der Waals surface area contributed by atoms with Crippen LogP contribution in [0.1, 0.15) is 54.5 Å². The Morgan fingerprint density at radius 2 is 2.15 bits per heavy atom. The molecule has 2 N–H and O–H groups in total. The van der Waals surface area contributed by atoms with Crippen LogP contribution in [-0.2, 0) is 0 Å². The topological polar surface area (TPSA) is 46.1 Å². The molecule has 0 spiro atoms. The summed E-state index contributed by atoms with van der Waals surface area (Å²) < 4.78 is 2.22. The van der Waals surface area contributed by atoms with Crippen molar-refractivity contribution in [1.82, 2.24) is 15.2 Å². The second kappa shape index (κ2) is 7.14. The molecule has 1 aromatic heterocycles. The van der Waals surface area contributed by atoms with Crippen molar-refractivity contribution in [2.24, 2.45) is 0 Å². The largest absolute Gasteiger partial charge is 0.348 e. The van der Waals surface area contributed by atoms with Crippen molar-refractivity contribution in [3.8, 4) is 0 Å². The Kier molecular flexibility index (Phi) is 6.08. The summed E-state index contributed by atoms with van der Waals surface area (Å²) in [5.74, 6) is 0.0636. The third-order valence-corrected chi connectivity index (χ3v) is 3.88. The first-order valence-electron chi connectivity index (χ1n) is 7.20. The Labute approximate surface area is 127 Å². The highest BCUT2D eigenvalue weighted by Gasteiger charge is 2.20. The van der Waals surface area contributed by atoms with Crippen molar-refractivity contribution < 1.29 is 4.79 Å². The molecule has 114 valence electrons. The van der Waals surface area contributed by atoms with E-state index in [0.29, 0.717) is 6.04 Å². The highest BCUT2D eigenvalue weighted by atomic mass is 35.5. The van der Waals surface area contributed by atoms with Crippen LogP contribution in [0.3, 0.4) is 0 Å². The van der Waals surface area contributed by atoms with Gasteiger partial charge in [-0.25, -0.2) is 0 Å². The van der Waals surface area contributed by atoms with Gasteiger partial charge in [-0.05, 0) is 53.1 Å². The Hall–Kier alpha value is -1.000. The summed E-state index contributed by atoms with van der Waals surface area (Å²) in [6, 6.07) is 2.65. The molecule has 0 aliphatic carbocycles.